The minimum absolute atomic E-state index is 0.0864. The quantitative estimate of drug-likeness (QED) is 0.681. The first-order valence-corrected chi connectivity index (χ1v) is 9.68. The summed E-state index contributed by atoms with van der Waals surface area (Å²) >= 11 is 11.7. The number of carbonyl (C=O) groups is 2. The van der Waals surface area contributed by atoms with E-state index in [1.807, 2.05) is 0 Å². The van der Waals surface area contributed by atoms with E-state index in [1.54, 1.807) is 0 Å². The average molecular weight is 431 g/mol. The molecule has 1 heterocycles. The van der Waals surface area contributed by atoms with Gasteiger partial charge in [-0.25, -0.2) is 13.2 Å². The Morgan fingerprint density at radius 3 is 2.26 bits per heavy atom. The molecular weight excluding hydrogens is 419 g/mol. The first kappa shape index (κ1) is 19.3. The molecule has 0 bridgehead atoms. The van der Waals surface area contributed by atoms with Crippen LogP contribution >= 0.6 is 23.2 Å². The largest absolute Gasteiger partial charge is 0.481 e. The van der Waals surface area contributed by atoms with Gasteiger partial charge in [-0.2, -0.15) is 0 Å². The lowest BCUT2D eigenvalue weighted by Gasteiger charge is -2.13. The molecule has 0 aromatic heterocycles. The molecule has 1 atom stereocenters. The molecule has 1 unspecified atom stereocenters. The number of carboxylic acid groups (broad SMARTS) is 2. The first-order valence-electron chi connectivity index (χ1n) is 7.44. The van der Waals surface area contributed by atoms with Gasteiger partial charge in [0.2, 0.25) is 0 Å². The number of anilines is 2. The van der Waals surface area contributed by atoms with Crippen molar-refractivity contribution in [1.29, 1.82) is 0 Å². The average Bonchev–Trinajstić information content (AvgIpc) is 2.92. The van der Waals surface area contributed by atoms with Gasteiger partial charge in [0.15, 0.2) is 0 Å². The van der Waals surface area contributed by atoms with Crippen molar-refractivity contribution in [3.05, 3.63) is 52.0 Å². The van der Waals surface area contributed by atoms with Gasteiger partial charge in [0.25, 0.3) is 10.0 Å². The van der Waals surface area contributed by atoms with Crippen LogP contribution in [-0.4, -0.2) is 37.2 Å². The molecule has 3 N–H and O–H groups in total. The molecule has 0 saturated carbocycles. The summed E-state index contributed by atoms with van der Waals surface area (Å²) < 4.78 is 27.4. The van der Waals surface area contributed by atoms with Crippen LogP contribution in [-0.2, 0) is 14.8 Å². The van der Waals surface area contributed by atoms with E-state index in [4.69, 9.17) is 23.2 Å². The fraction of sp³-hybridized carbons (Fsp3) is 0.125. The maximum atomic E-state index is 12.5. The van der Waals surface area contributed by atoms with E-state index >= 15 is 0 Å². The number of hydrogen-bond donors (Lipinski definition) is 3. The Kier molecular flexibility index (Phi) is 4.94. The summed E-state index contributed by atoms with van der Waals surface area (Å²) in [6.07, 6.45) is -1.29. The normalized spacial score (nSPS) is 16.1. The first-order chi connectivity index (χ1) is 12.6. The standard InChI is InChI=1S/C16H12Cl2N2O6S/c17-8-3-9(18)5-11(4-8)27(25,26)19-10-1-2-14-12(6-10)13(15(21)22)7-20(14)16(23)24/h1-6,13,19H,7H2,(H,21,22)(H,23,24). The van der Waals surface area contributed by atoms with Gasteiger partial charge < -0.3 is 10.2 Å². The van der Waals surface area contributed by atoms with E-state index in [2.05, 4.69) is 4.72 Å². The zero-order valence-corrected chi connectivity index (χ0v) is 15.7. The lowest BCUT2D eigenvalue weighted by Crippen LogP contribution is -2.29. The van der Waals surface area contributed by atoms with Gasteiger partial charge in [0, 0.05) is 22.3 Å². The molecule has 0 saturated heterocycles. The van der Waals surface area contributed by atoms with Crippen LogP contribution in [0.5, 0.6) is 0 Å². The molecule has 0 spiro atoms. The van der Waals surface area contributed by atoms with Crippen LogP contribution < -0.4 is 9.62 Å². The van der Waals surface area contributed by atoms with Gasteiger partial charge in [0.1, 0.15) is 5.92 Å². The number of rotatable bonds is 4. The lowest BCUT2D eigenvalue weighted by molar-refractivity contribution is -0.138. The van der Waals surface area contributed by atoms with Gasteiger partial charge in [-0.3, -0.25) is 14.4 Å². The van der Waals surface area contributed by atoms with Crippen molar-refractivity contribution < 1.29 is 28.2 Å². The van der Waals surface area contributed by atoms with Crippen molar-refractivity contribution in [2.75, 3.05) is 16.2 Å². The molecule has 2 aromatic carbocycles. The summed E-state index contributed by atoms with van der Waals surface area (Å²) in [5, 5.41) is 18.8. The Labute approximate surface area is 164 Å². The molecule has 1 amide bonds. The maximum absolute atomic E-state index is 12.5. The predicted molar refractivity (Wildman–Crippen MR) is 99.5 cm³/mol. The fourth-order valence-electron chi connectivity index (χ4n) is 2.81. The lowest BCUT2D eigenvalue weighted by atomic mass is 10.0. The third kappa shape index (κ3) is 3.80. The molecule has 0 radical (unpaired) electrons. The van der Waals surface area contributed by atoms with Crippen molar-refractivity contribution in [2.24, 2.45) is 0 Å². The van der Waals surface area contributed by atoms with Crippen LogP contribution in [0.1, 0.15) is 11.5 Å². The summed E-state index contributed by atoms with van der Waals surface area (Å²) in [6, 6.07) is 7.83. The highest BCUT2D eigenvalue weighted by Crippen LogP contribution is 2.38. The van der Waals surface area contributed by atoms with Gasteiger partial charge in [-0.05, 0) is 42.0 Å². The second-order valence-electron chi connectivity index (χ2n) is 5.77. The van der Waals surface area contributed by atoms with Crippen molar-refractivity contribution in [1.82, 2.24) is 0 Å². The van der Waals surface area contributed by atoms with Gasteiger partial charge in [-0.15, -0.1) is 0 Å². The van der Waals surface area contributed by atoms with Crippen LogP contribution in [0.4, 0.5) is 16.2 Å². The number of aliphatic carboxylic acids is 1. The van der Waals surface area contributed by atoms with E-state index in [9.17, 15) is 28.2 Å². The Hall–Kier alpha value is -2.49. The Morgan fingerprint density at radius 2 is 1.70 bits per heavy atom. The summed E-state index contributed by atoms with van der Waals surface area (Å²) in [5.41, 5.74) is 0.487. The van der Waals surface area contributed by atoms with Crippen LogP contribution in [0.3, 0.4) is 0 Å². The van der Waals surface area contributed by atoms with Gasteiger partial charge in [-0.1, -0.05) is 23.2 Å². The highest BCUT2D eigenvalue weighted by Gasteiger charge is 2.37. The maximum Gasteiger partial charge on any atom is 0.411 e. The Bertz CT molecular complexity index is 1040. The summed E-state index contributed by atoms with van der Waals surface area (Å²) in [6.45, 7) is -0.250. The molecule has 27 heavy (non-hydrogen) atoms. The van der Waals surface area contributed by atoms with Crippen molar-refractivity contribution in [2.45, 2.75) is 10.8 Å². The molecule has 8 nitrogen and oxygen atoms in total. The van der Waals surface area contributed by atoms with Crippen LogP contribution in [0, 0.1) is 0 Å². The summed E-state index contributed by atoms with van der Waals surface area (Å²) in [5.74, 6) is -2.30. The molecule has 142 valence electrons. The number of halogens is 2. The minimum Gasteiger partial charge on any atom is -0.481 e. The van der Waals surface area contributed by atoms with E-state index in [0.29, 0.717) is 0 Å². The van der Waals surface area contributed by atoms with Crippen molar-refractivity contribution in [3.63, 3.8) is 0 Å². The number of sulfonamides is 1. The summed E-state index contributed by atoms with van der Waals surface area (Å²) in [7, 11) is -4.04. The van der Waals surface area contributed by atoms with Crippen LogP contribution in [0.25, 0.3) is 0 Å². The van der Waals surface area contributed by atoms with E-state index in [1.165, 1.54) is 36.4 Å². The number of nitrogens with zero attached hydrogens (tertiary/aromatic N) is 1. The molecule has 3 rings (SSSR count). The Morgan fingerprint density at radius 1 is 1.07 bits per heavy atom. The zero-order valence-electron chi connectivity index (χ0n) is 13.4. The monoisotopic (exact) mass is 430 g/mol. The second kappa shape index (κ2) is 6.91. The fourth-order valence-corrected chi connectivity index (χ4v) is 4.59. The SMILES string of the molecule is O=C(O)C1CN(C(=O)O)c2ccc(NS(=O)(=O)c3cc(Cl)cc(Cl)c3)cc21. The van der Waals surface area contributed by atoms with Crippen molar-refractivity contribution >= 4 is 56.7 Å². The number of carboxylic acids is 1. The van der Waals surface area contributed by atoms with Gasteiger partial charge >= 0.3 is 12.1 Å². The van der Waals surface area contributed by atoms with E-state index < -0.39 is 28.0 Å². The summed E-state index contributed by atoms with van der Waals surface area (Å²) in [4.78, 5) is 23.5. The number of nitrogens with one attached hydrogen (secondary N) is 1. The zero-order chi connectivity index (χ0) is 19.9. The number of amides is 1. The molecule has 1 aliphatic rings. The highest BCUT2D eigenvalue weighted by molar-refractivity contribution is 7.92. The highest BCUT2D eigenvalue weighted by atomic mass is 35.5. The third-order valence-electron chi connectivity index (χ3n) is 3.99. The molecule has 0 aliphatic carbocycles. The Balaban J connectivity index is 1.98. The second-order valence-corrected chi connectivity index (χ2v) is 8.32. The molecule has 2 aromatic rings. The van der Waals surface area contributed by atoms with E-state index in [0.717, 1.165) is 4.90 Å². The molecule has 0 fully saturated rings. The molecular formula is C16H12Cl2N2O6S. The number of fused-ring (bicyclic) bond motifs is 1. The van der Waals surface area contributed by atoms with E-state index in [-0.39, 0.29) is 38.4 Å². The molecule has 1 aliphatic heterocycles. The smallest absolute Gasteiger partial charge is 0.411 e. The van der Waals surface area contributed by atoms with Gasteiger partial charge in [0.05, 0.1) is 10.6 Å². The van der Waals surface area contributed by atoms with Crippen LogP contribution in [0.2, 0.25) is 10.0 Å². The third-order valence-corrected chi connectivity index (χ3v) is 5.78. The number of hydrogen-bond acceptors (Lipinski definition) is 4. The minimum atomic E-state index is -4.04. The predicted octanol–water partition coefficient (Wildman–Crippen LogP) is 3.46. The van der Waals surface area contributed by atoms with Crippen LogP contribution in [0.15, 0.2) is 41.3 Å². The molecule has 11 heteroatoms. The topological polar surface area (TPSA) is 124 Å². The number of benzene rings is 2. The van der Waals surface area contributed by atoms with Crippen molar-refractivity contribution in [3.8, 4) is 0 Å².